The first-order valence-electron chi connectivity index (χ1n) is 7.98. The van der Waals surface area contributed by atoms with E-state index >= 15 is 0 Å². The predicted molar refractivity (Wildman–Crippen MR) is 88.8 cm³/mol. The van der Waals surface area contributed by atoms with Crippen LogP contribution >= 0.6 is 11.3 Å². The Bertz CT molecular complexity index is 895. The second-order valence-electron chi connectivity index (χ2n) is 6.09. The summed E-state index contributed by atoms with van der Waals surface area (Å²) < 4.78 is 40.1. The molecular weight excluding hydrogens is 371 g/mol. The van der Waals surface area contributed by atoms with E-state index in [4.69, 9.17) is 5.11 Å². The minimum absolute atomic E-state index is 0.00851. The number of halogens is 3. The molecule has 10 heteroatoms. The second-order valence-corrected chi connectivity index (χ2v) is 7.10. The molecule has 1 saturated heterocycles. The molecule has 0 spiro atoms. The van der Waals surface area contributed by atoms with Gasteiger partial charge in [-0.05, 0) is 30.9 Å². The van der Waals surface area contributed by atoms with Crippen molar-refractivity contribution in [1.82, 2.24) is 9.47 Å². The van der Waals surface area contributed by atoms with Crippen molar-refractivity contribution in [2.75, 3.05) is 13.1 Å². The second kappa shape index (κ2) is 7.10. The Labute approximate surface area is 150 Å². The van der Waals surface area contributed by atoms with Crippen molar-refractivity contribution in [3.05, 3.63) is 29.1 Å². The van der Waals surface area contributed by atoms with Crippen molar-refractivity contribution < 1.29 is 27.9 Å². The third-order valence-corrected chi connectivity index (χ3v) is 5.41. The van der Waals surface area contributed by atoms with Crippen LogP contribution in [0.5, 0.6) is 0 Å². The number of thiazole rings is 1. The molecule has 0 atom stereocenters. The number of aromatic nitrogens is 1. The first-order chi connectivity index (χ1) is 12.3. The SMILES string of the molecule is O=C(O)N1CCC(Cn2c(=NC(=O)C(F)(F)F)sc3ccccc32)CC1. The van der Waals surface area contributed by atoms with E-state index in [1.165, 1.54) is 4.90 Å². The van der Waals surface area contributed by atoms with Gasteiger partial charge in [0.2, 0.25) is 0 Å². The van der Waals surface area contributed by atoms with Crippen LogP contribution in [-0.2, 0) is 11.3 Å². The molecule has 1 aromatic carbocycles. The van der Waals surface area contributed by atoms with Gasteiger partial charge < -0.3 is 14.6 Å². The molecule has 1 aromatic heterocycles. The fourth-order valence-corrected chi connectivity index (χ4v) is 4.04. The molecule has 3 rings (SSSR count). The number of para-hydroxylation sites is 1. The Morgan fingerprint density at radius 3 is 2.50 bits per heavy atom. The van der Waals surface area contributed by atoms with Gasteiger partial charge in [0.1, 0.15) is 0 Å². The smallest absolute Gasteiger partial charge is 0.465 e. The molecule has 0 saturated carbocycles. The Balaban J connectivity index is 1.92. The summed E-state index contributed by atoms with van der Waals surface area (Å²) in [6.07, 6.45) is -4.77. The summed E-state index contributed by atoms with van der Waals surface area (Å²) >= 11 is 1.03. The van der Waals surface area contributed by atoms with Crippen LogP contribution < -0.4 is 4.80 Å². The van der Waals surface area contributed by atoms with E-state index in [9.17, 15) is 22.8 Å². The number of hydrogen-bond acceptors (Lipinski definition) is 3. The molecule has 2 aromatic rings. The number of benzene rings is 1. The first-order valence-corrected chi connectivity index (χ1v) is 8.79. The maximum atomic E-state index is 12.6. The number of fused-ring (bicyclic) bond motifs is 1. The summed E-state index contributed by atoms with van der Waals surface area (Å²) in [7, 11) is 0. The van der Waals surface area contributed by atoms with Crippen molar-refractivity contribution in [3.63, 3.8) is 0 Å². The van der Waals surface area contributed by atoms with Gasteiger partial charge >= 0.3 is 18.2 Å². The number of nitrogens with zero attached hydrogens (tertiary/aromatic N) is 3. The molecule has 1 aliphatic rings. The Morgan fingerprint density at radius 1 is 1.23 bits per heavy atom. The Morgan fingerprint density at radius 2 is 1.88 bits per heavy atom. The Hall–Kier alpha value is -2.36. The third-order valence-electron chi connectivity index (χ3n) is 4.35. The molecule has 0 aliphatic carbocycles. The maximum Gasteiger partial charge on any atom is 0.473 e. The highest BCUT2D eigenvalue weighted by Crippen LogP contribution is 2.23. The van der Waals surface area contributed by atoms with Gasteiger partial charge in [0.25, 0.3) is 0 Å². The van der Waals surface area contributed by atoms with E-state index in [0.717, 1.165) is 16.0 Å². The van der Waals surface area contributed by atoms with E-state index in [1.807, 2.05) is 0 Å². The van der Waals surface area contributed by atoms with E-state index < -0.39 is 18.2 Å². The van der Waals surface area contributed by atoms with Crippen LogP contribution in [0.4, 0.5) is 18.0 Å². The average Bonchev–Trinajstić information content (AvgIpc) is 2.92. The molecule has 0 radical (unpaired) electrons. The topological polar surface area (TPSA) is 74.9 Å². The zero-order valence-corrected chi connectivity index (χ0v) is 14.4. The number of carboxylic acid groups (broad SMARTS) is 1. The van der Waals surface area contributed by atoms with Gasteiger partial charge in [-0.3, -0.25) is 4.79 Å². The zero-order valence-electron chi connectivity index (χ0n) is 13.6. The monoisotopic (exact) mass is 387 g/mol. The lowest BCUT2D eigenvalue weighted by molar-refractivity contribution is -0.169. The zero-order chi connectivity index (χ0) is 18.9. The molecule has 0 unspecified atom stereocenters. The van der Waals surface area contributed by atoms with Gasteiger partial charge in [0.15, 0.2) is 4.80 Å². The lowest BCUT2D eigenvalue weighted by atomic mass is 9.97. The quantitative estimate of drug-likeness (QED) is 0.861. The molecule has 0 bridgehead atoms. The van der Waals surface area contributed by atoms with E-state index in [-0.39, 0.29) is 10.7 Å². The van der Waals surface area contributed by atoms with Crippen LogP contribution in [0.3, 0.4) is 0 Å². The minimum Gasteiger partial charge on any atom is -0.465 e. The van der Waals surface area contributed by atoms with Crippen molar-refractivity contribution >= 4 is 33.6 Å². The fourth-order valence-electron chi connectivity index (χ4n) is 3.00. The van der Waals surface area contributed by atoms with Crippen molar-refractivity contribution in [2.24, 2.45) is 10.9 Å². The van der Waals surface area contributed by atoms with Crippen molar-refractivity contribution in [2.45, 2.75) is 25.6 Å². The Kier molecular flexibility index (Phi) is 5.03. The first kappa shape index (κ1) is 18.4. The molecule has 1 aliphatic heterocycles. The van der Waals surface area contributed by atoms with Crippen LogP contribution in [0.15, 0.2) is 29.3 Å². The number of piperidine rings is 1. The summed E-state index contributed by atoms with van der Waals surface area (Å²) in [5, 5.41) is 9.01. The number of carbonyl (C=O) groups is 2. The van der Waals surface area contributed by atoms with Gasteiger partial charge in [-0.1, -0.05) is 23.5 Å². The fraction of sp³-hybridized carbons (Fsp3) is 0.438. The summed E-state index contributed by atoms with van der Waals surface area (Å²) in [6.45, 7) is 1.16. The van der Waals surface area contributed by atoms with E-state index in [0.29, 0.717) is 38.0 Å². The molecule has 1 fully saturated rings. The average molecular weight is 387 g/mol. The maximum absolute atomic E-state index is 12.6. The van der Waals surface area contributed by atoms with Gasteiger partial charge in [-0.25, -0.2) is 4.79 Å². The number of carbonyl (C=O) groups excluding carboxylic acids is 1. The van der Waals surface area contributed by atoms with Crippen LogP contribution in [0.2, 0.25) is 0 Å². The molecule has 140 valence electrons. The van der Waals surface area contributed by atoms with Crippen molar-refractivity contribution in [3.8, 4) is 0 Å². The van der Waals surface area contributed by atoms with Crippen molar-refractivity contribution in [1.29, 1.82) is 0 Å². The van der Waals surface area contributed by atoms with Crippen LogP contribution in [0.1, 0.15) is 12.8 Å². The van der Waals surface area contributed by atoms with Gasteiger partial charge in [0, 0.05) is 19.6 Å². The summed E-state index contributed by atoms with van der Waals surface area (Å²) in [4.78, 5) is 26.9. The normalized spacial score (nSPS) is 17.0. The number of rotatable bonds is 2. The van der Waals surface area contributed by atoms with Gasteiger partial charge in [0.05, 0.1) is 10.2 Å². The largest absolute Gasteiger partial charge is 0.473 e. The highest BCUT2D eigenvalue weighted by Gasteiger charge is 2.38. The third kappa shape index (κ3) is 3.90. The number of likely N-dealkylation sites (tertiary alicyclic amines) is 1. The highest BCUT2D eigenvalue weighted by molar-refractivity contribution is 7.16. The predicted octanol–water partition coefficient (Wildman–Crippen LogP) is 3.08. The molecule has 2 heterocycles. The lowest BCUT2D eigenvalue weighted by Crippen LogP contribution is -2.39. The van der Waals surface area contributed by atoms with E-state index in [2.05, 4.69) is 4.99 Å². The van der Waals surface area contributed by atoms with E-state index in [1.54, 1.807) is 28.8 Å². The molecule has 2 amide bonds. The van der Waals surface area contributed by atoms with Gasteiger partial charge in [-0.2, -0.15) is 18.2 Å². The molecule has 26 heavy (non-hydrogen) atoms. The summed E-state index contributed by atoms with van der Waals surface area (Å²) in [5.41, 5.74) is 0.715. The lowest BCUT2D eigenvalue weighted by Gasteiger charge is -2.30. The van der Waals surface area contributed by atoms with Crippen LogP contribution in [-0.4, -0.2) is 45.8 Å². The molecule has 1 N–H and O–H groups in total. The number of alkyl halides is 3. The standard InChI is InChI=1S/C16H16F3N3O3S/c17-16(18,19)13(23)20-14-22(11-3-1-2-4-12(11)26-14)9-10-5-7-21(8-6-10)15(24)25/h1-4,10H,5-9H2,(H,24,25). The summed E-state index contributed by atoms with van der Waals surface area (Å²) in [6, 6.07) is 7.08. The van der Waals surface area contributed by atoms with Crippen LogP contribution in [0, 0.1) is 5.92 Å². The minimum atomic E-state index is -5.01. The summed E-state index contributed by atoms with van der Waals surface area (Å²) in [5.74, 6) is -2.03. The van der Waals surface area contributed by atoms with Crippen LogP contribution in [0.25, 0.3) is 10.2 Å². The molecular formula is C16H16F3N3O3S. The number of amides is 2. The highest BCUT2D eigenvalue weighted by atomic mass is 32.1. The van der Waals surface area contributed by atoms with Gasteiger partial charge in [-0.15, -0.1) is 0 Å². The number of hydrogen-bond donors (Lipinski definition) is 1. The molecule has 6 nitrogen and oxygen atoms in total.